The van der Waals surface area contributed by atoms with Crippen LogP contribution in [-0.4, -0.2) is 30.7 Å². The van der Waals surface area contributed by atoms with Gasteiger partial charge in [0.05, 0.1) is 16.3 Å². The van der Waals surface area contributed by atoms with Crippen molar-refractivity contribution in [3.8, 4) is 0 Å². The Morgan fingerprint density at radius 1 is 1.05 bits per heavy atom. The van der Waals surface area contributed by atoms with E-state index >= 15 is 0 Å². The molecule has 0 spiro atoms. The third kappa shape index (κ3) is 3.37. The molecular weight excluding hydrogens is 298 g/mol. The summed E-state index contributed by atoms with van der Waals surface area (Å²) in [7, 11) is -2.58. The van der Waals surface area contributed by atoms with Gasteiger partial charge in [-0.15, -0.1) is 5.10 Å². The van der Waals surface area contributed by atoms with Crippen LogP contribution >= 0.6 is 0 Å². The fraction of sp³-hybridized carbons (Fsp3) is 0.133. The van der Waals surface area contributed by atoms with E-state index in [9.17, 15) is 4.21 Å². The third-order valence-corrected chi connectivity index (χ3v) is 4.70. The maximum absolute atomic E-state index is 12.6. The van der Waals surface area contributed by atoms with Gasteiger partial charge in [0.15, 0.2) is 0 Å². The number of hydrogen-bond donors (Lipinski definition) is 0. The first-order valence-electron chi connectivity index (χ1n) is 6.72. The Morgan fingerprint density at radius 3 is 2.36 bits per heavy atom. The molecule has 7 heteroatoms. The molecule has 0 saturated carbocycles. The van der Waals surface area contributed by atoms with Crippen LogP contribution in [0.25, 0.3) is 0 Å². The van der Waals surface area contributed by atoms with Gasteiger partial charge in [0.1, 0.15) is 0 Å². The molecule has 1 aromatic heterocycles. The van der Waals surface area contributed by atoms with Crippen molar-refractivity contribution >= 4 is 15.7 Å². The summed E-state index contributed by atoms with van der Waals surface area (Å²) in [6.07, 6.45) is 1.57. The zero-order valence-electron chi connectivity index (χ0n) is 12.0. The summed E-state index contributed by atoms with van der Waals surface area (Å²) in [5.41, 5.74) is 1.06. The van der Waals surface area contributed by atoms with Gasteiger partial charge in [-0.05, 0) is 22.9 Å². The van der Waals surface area contributed by atoms with E-state index in [-0.39, 0.29) is 5.95 Å². The van der Waals surface area contributed by atoms with Crippen molar-refractivity contribution in [2.75, 3.05) is 6.26 Å². The molecule has 0 N–H and O–H groups in total. The predicted molar refractivity (Wildman–Crippen MR) is 84.2 cm³/mol. The Kier molecular flexibility index (Phi) is 3.97. The van der Waals surface area contributed by atoms with Crippen LogP contribution in [-0.2, 0) is 16.3 Å². The minimum atomic E-state index is -2.58. The average molecular weight is 313 g/mol. The number of aromatic nitrogens is 4. The summed E-state index contributed by atoms with van der Waals surface area (Å²) < 4.78 is 16.8. The van der Waals surface area contributed by atoms with Gasteiger partial charge in [-0.2, -0.15) is 9.16 Å². The summed E-state index contributed by atoms with van der Waals surface area (Å²) in [5, 5.41) is 12.0. The monoisotopic (exact) mass is 313 g/mol. The standard InChI is InChI=1S/C15H15N5OS/c1-22(21,14-10-6-3-7-11-14)18-15-16-19-20(17-15)12-13-8-4-2-5-9-13/h2-11H,12H2,1H3. The molecule has 0 bridgehead atoms. The van der Waals surface area contributed by atoms with Crippen LogP contribution in [0.1, 0.15) is 5.56 Å². The number of nitrogens with zero attached hydrogens (tertiary/aromatic N) is 5. The lowest BCUT2D eigenvalue weighted by Gasteiger charge is -2.01. The highest BCUT2D eigenvalue weighted by Crippen LogP contribution is 2.15. The molecule has 2 aromatic carbocycles. The SMILES string of the molecule is CS(=O)(=Nc1nnn(Cc2ccccc2)n1)c1ccccc1. The van der Waals surface area contributed by atoms with Crippen molar-refractivity contribution < 1.29 is 4.21 Å². The van der Waals surface area contributed by atoms with E-state index in [1.165, 1.54) is 4.80 Å². The fourth-order valence-electron chi connectivity index (χ4n) is 1.97. The molecule has 0 aliphatic heterocycles. The Morgan fingerprint density at radius 2 is 1.68 bits per heavy atom. The number of hydrogen-bond acceptors (Lipinski definition) is 5. The first-order valence-corrected chi connectivity index (χ1v) is 8.65. The molecule has 0 radical (unpaired) electrons. The Balaban J connectivity index is 1.85. The van der Waals surface area contributed by atoms with Crippen LogP contribution in [0.15, 0.2) is 69.9 Å². The molecule has 22 heavy (non-hydrogen) atoms. The lowest BCUT2D eigenvalue weighted by atomic mass is 10.2. The van der Waals surface area contributed by atoms with E-state index in [2.05, 4.69) is 19.8 Å². The number of rotatable bonds is 4. The summed E-state index contributed by atoms with van der Waals surface area (Å²) in [4.78, 5) is 2.09. The lowest BCUT2D eigenvalue weighted by Crippen LogP contribution is -2.03. The molecule has 3 rings (SSSR count). The minimum absolute atomic E-state index is 0.132. The molecule has 0 aliphatic carbocycles. The Hall–Kier alpha value is -2.54. The third-order valence-electron chi connectivity index (χ3n) is 3.05. The van der Waals surface area contributed by atoms with Gasteiger partial charge < -0.3 is 0 Å². The van der Waals surface area contributed by atoms with Crippen LogP contribution in [0.5, 0.6) is 0 Å². The van der Waals surface area contributed by atoms with Gasteiger partial charge >= 0.3 is 0 Å². The fourth-order valence-corrected chi connectivity index (χ4v) is 3.12. The number of benzene rings is 2. The summed E-state index contributed by atoms with van der Waals surface area (Å²) in [5.74, 6) is 0.132. The molecule has 0 aliphatic rings. The zero-order chi connectivity index (χ0) is 15.4. The van der Waals surface area contributed by atoms with E-state index in [0.717, 1.165) is 5.56 Å². The minimum Gasteiger partial charge on any atom is -0.245 e. The van der Waals surface area contributed by atoms with Crippen molar-refractivity contribution in [2.45, 2.75) is 11.4 Å². The van der Waals surface area contributed by atoms with Crippen LogP contribution in [0, 0.1) is 0 Å². The van der Waals surface area contributed by atoms with Crippen LogP contribution in [0.2, 0.25) is 0 Å². The molecule has 1 unspecified atom stereocenters. The lowest BCUT2D eigenvalue weighted by molar-refractivity contribution is 0.572. The number of tetrazole rings is 1. The van der Waals surface area contributed by atoms with E-state index < -0.39 is 9.73 Å². The van der Waals surface area contributed by atoms with E-state index in [0.29, 0.717) is 11.4 Å². The van der Waals surface area contributed by atoms with Gasteiger partial charge in [0, 0.05) is 11.2 Å². The zero-order valence-corrected chi connectivity index (χ0v) is 12.8. The van der Waals surface area contributed by atoms with Crippen LogP contribution in [0.3, 0.4) is 0 Å². The Bertz CT molecular complexity index is 867. The van der Waals surface area contributed by atoms with Crippen molar-refractivity contribution in [3.05, 3.63) is 66.2 Å². The maximum atomic E-state index is 12.6. The molecule has 6 nitrogen and oxygen atoms in total. The van der Waals surface area contributed by atoms with Gasteiger partial charge in [-0.1, -0.05) is 53.6 Å². The average Bonchev–Trinajstić information content (AvgIpc) is 2.95. The normalized spacial score (nSPS) is 13.5. The molecule has 0 saturated heterocycles. The molecule has 112 valence electrons. The highest BCUT2D eigenvalue weighted by molar-refractivity contribution is 7.93. The molecule has 0 amide bonds. The summed E-state index contributed by atoms with van der Waals surface area (Å²) in [6, 6.07) is 18.9. The van der Waals surface area contributed by atoms with Gasteiger partial charge in [0.25, 0.3) is 5.95 Å². The molecular formula is C15H15N5OS. The summed E-state index contributed by atoms with van der Waals surface area (Å²) in [6.45, 7) is 0.500. The quantitative estimate of drug-likeness (QED) is 0.742. The first kappa shape index (κ1) is 14.4. The van der Waals surface area contributed by atoms with Crippen molar-refractivity contribution in [1.82, 2.24) is 20.2 Å². The summed E-state index contributed by atoms with van der Waals surface area (Å²) >= 11 is 0. The van der Waals surface area contributed by atoms with E-state index in [4.69, 9.17) is 0 Å². The molecule has 1 atom stereocenters. The van der Waals surface area contributed by atoms with Gasteiger partial charge in [-0.25, -0.2) is 4.21 Å². The smallest absolute Gasteiger partial charge is 0.245 e. The van der Waals surface area contributed by atoms with Crippen molar-refractivity contribution in [1.29, 1.82) is 0 Å². The molecule has 0 fully saturated rings. The molecule has 1 heterocycles. The van der Waals surface area contributed by atoms with Crippen molar-refractivity contribution in [2.24, 2.45) is 4.36 Å². The largest absolute Gasteiger partial charge is 0.297 e. The second-order valence-corrected chi connectivity index (χ2v) is 7.07. The first-order chi connectivity index (χ1) is 10.6. The topological polar surface area (TPSA) is 73.0 Å². The van der Waals surface area contributed by atoms with Crippen LogP contribution < -0.4 is 0 Å². The Labute approximate surface area is 129 Å². The maximum Gasteiger partial charge on any atom is 0.297 e. The second kappa shape index (κ2) is 6.07. The highest BCUT2D eigenvalue weighted by Gasteiger charge is 2.09. The molecule has 3 aromatic rings. The van der Waals surface area contributed by atoms with Crippen LogP contribution in [0.4, 0.5) is 5.95 Å². The van der Waals surface area contributed by atoms with E-state index in [1.54, 1.807) is 18.4 Å². The van der Waals surface area contributed by atoms with Crippen molar-refractivity contribution in [3.63, 3.8) is 0 Å². The second-order valence-electron chi connectivity index (χ2n) is 4.81. The van der Waals surface area contributed by atoms with E-state index in [1.807, 2.05) is 48.5 Å². The highest BCUT2D eigenvalue weighted by atomic mass is 32.2. The predicted octanol–water partition coefficient (Wildman–Crippen LogP) is 2.51. The van der Waals surface area contributed by atoms with Gasteiger partial charge in [0.2, 0.25) is 0 Å². The van der Waals surface area contributed by atoms with Gasteiger partial charge in [-0.3, -0.25) is 0 Å².